The van der Waals surface area contributed by atoms with Gasteiger partial charge in [-0.3, -0.25) is 9.55 Å². The minimum absolute atomic E-state index is 0.254. The van der Waals surface area contributed by atoms with E-state index in [0.717, 1.165) is 33.2 Å². The average molecular weight is 516 g/mol. The van der Waals surface area contributed by atoms with Gasteiger partial charge in [0.15, 0.2) is 15.0 Å². The molecule has 0 bridgehead atoms. The van der Waals surface area contributed by atoms with Crippen molar-refractivity contribution in [1.82, 2.24) is 14.5 Å². The summed E-state index contributed by atoms with van der Waals surface area (Å²) in [6.07, 6.45) is 6.51. The van der Waals surface area contributed by atoms with Crippen LogP contribution in [0.5, 0.6) is 0 Å². The quantitative estimate of drug-likeness (QED) is 0.234. The van der Waals surface area contributed by atoms with Gasteiger partial charge in [-0.2, -0.15) is 0 Å². The third-order valence-electron chi connectivity index (χ3n) is 5.72. The molecule has 2 aromatic heterocycles. The molecular formula is C28H22FN3O2S2. The topological polar surface area (TPSA) is 64.8 Å². The highest BCUT2D eigenvalue weighted by Gasteiger charge is 2.18. The Morgan fingerprint density at radius 2 is 1.56 bits per heavy atom. The second-order valence-corrected chi connectivity index (χ2v) is 11.1. The third-order valence-corrected chi connectivity index (χ3v) is 7.90. The first-order valence-corrected chi connectivity index (χ1v) is 14.0. The summed E-state index contributed by atoms with van der Waals surface area (Å²) in [4.78, 5) is 9.04. The van der Waals surface area contributed by atoms with E-state index in [1.807, 2.05) is 60.8 Å². The number of thioether (sulfide) groups is 1. The van der Waals surface area contributed by atoms with Crippen molar-refractivity contribution in [2.45, 2.75) is 15.8 Å². The van der Waals surface area contributed by atoms with Crippen molar-refractivity contribution in [2.24, 2.45) is 0 Å². The lowest BCUT2D eigenvalue weighted by Crippen LogP contribution is -2.03. The van der Waals surface area contributed by atoms with Crippen molar-refractivity contribution in [3.8, 4) is 28.1 Å². The molecule has 0 unspecified atom stereocenters. The van der Waals surface area contributed by atoms with Crippen LogP contribution in [0, 0.1) is 5.82 Å². The van der Waals surface area contributed by atoms with Crippen LogP contribution in [0.15, 0.2) is 114 Å². The van der Waals surface area contributed by atoms with Gasteiger partial charge < -0.3 is 0 Å². The Morgan fingerprint density at radius 3 is 2.25 bits per heavy atom. The van der Waals surface area contributed by atoms with E-state index < -0.39 is 9.84 Å². The number of halogens is 1. The standard InChI is InChI=1S/C28H22FN3O2S2/c1-36(33,34)27-17-22(20-9-11-24(29)12-10-20)7-8-23(27)19-35-28-31-18-26(21-13-15-30-16-14-21)32(28)25-5-3-2-4-6-25/h2-18H,19H2,1H3. The van der Waals surface area contributed by atoms with Crippen LogP contribution in [0.4, 0.5) is 4.39 Å². The normalized spacial score (nSPS) is 11.5. The van der Waals surface area contributed by atoms with Crippen molar-refractivity contribution >= 4 is 21.6 Å². The zero-order valence-electron chi connectivity index (χ0n) is 19.4. The van der Waals surface area contributed by atoms with Crippen molar-refractivity contribution < 1.29 is 12.8 Å². The van der Waals surface area contributed by atoms with Crippen LogP contribution < -0.4 is 0 Å². The summed E-state index contributed by atoms with van der Waals surface area (Å²) >= 11 is 1.47. The third kappa shape index (κ3) is 5.10. The second kappa shape index (κ2) is 10.1. The number of imidazole rings is 1. The molecule has 0 aliphatic heterocycles. The van der Waals surface area contributed by atoms with E-state index in [1.165, 1.54) is 30.2 Å². The minimum Gasteiger partial charge on any atom is -0.287 e. The number of nitrogens with zero attached hydrogens (tertiary/aromatic N) is 3. The number of hydrogen-bond donors (Lipinski definition) is 0. The van der Waals surface area contributed by atoms with Crippen LogP contribution in [-0.2, 0) is 15.6 Å². The van der Waals surface area contributed by atoms with Gasteiger partial charge in [0.1, 0.15) is 5.82 Å². The summed E-state index contributed by atoms with van der Waals surface area (Å²) in [5.41, 5.74) is 5.01. The lowest BCUT2D eigenvalue weighted by Gasteiger charge is -2.14. The highest BCUT2D eigenvalue weighted by molar-refractivity contribution is 7.98. The van der Waals surface area contributed by atoms with Crippen molar-refractivity contribution in [2.75, 3.05) is 6.26 Å². The number of sulfone groups is 1. The Hall–Kier alpha value is -3.75. The van der Waals surface area contributed by atoms with E-state index in [0.29, 0.717) is 11.3 Å². The largest absolute Gasteiger partial charge is 0.287 e. The van der Waals surface area contributed by atoms with Gasteiger partial charge in [0.05, 0.1) is 16.8 Å². The predicted octanol–water partition coefficient (Wildman–Crippen LogP) is 6.44. The summed E-state index contributed by atoms with van der Waals surface area (Å²) in [7, 11) is -3.50. The summed E-state index contributed by atoms with van der Waals surface area (Å²) in [5.74, 6) is 0.0707. The highest BCUT2D eigenvalue weighted by Crippen LogP contribution is 2.34. The zero-order valence-corrected chi connectivity index (χ0v) is 21.0. The molecule has 5 aromatic rings. The van der Waals surface area contributed by atoms with Gasteiger partial charge in [0.2, 0.25) is 0 Å². The molecule has 3 aromatic carbocycles. The van der Waals surface area contributed by atoms with Crippen molar-refractivity contribution in [1.29, 1.82) is 0 Å². The molecule has 0 radical (unpaired) electrons. The number of rotatable bonds is 7. The van der Waals surface area contributed by atoms with Crippen LogP contribution >= 0.6 is 11.8 Å². The van der Waals surface area contributed by atoms with Gasteiger partial charge in [-0.1, -0.05) is 54.2 Å². The first kappa shape index (κ1) is 24.0. The fourth-order valence-electron chi connectivity index (χ4n) is 3.97. The fraction of sp³-hybridized carbons (Fsp3) is 0.0714. The van der Waals surface area contributed by atoms with Gasteiger partial charge in [0, 0.05) is 35.7 Å². The van der Waals surface area contributed by atoms with E-state index in [2.05, 4.69) is 14.5 Å². The lowest BCUT2D eigenvalue weighted by atomic mass is 10.0. The van der Waals surface area contributed by atoms with E-state index >= 15 is 0 Å². The molecule has 5 nitrogen and oxygen atoms in total. The monoisotopic (exact) mass is 515 g/mol. The second-order valence-electron chi connectivity index (χ2n) is 8.22. The molecule has 2 heterocycles. The van der Waals surface area contributed by atoms with E-state index in [-0.39, 0.29) is 10.7 Å². The molecular weight excluding hydrogens is 493 g/mol. The molecule has 0 N–H and O–H groups in total. The summed E-state index contributed by atoms with van der Waals surface area (Å²) in [5, 5.41) is 0.745. The Labute approximate surface area is 213 Å². The van der Waals surface area contributed by atoms with Crippen molar-refractivity contribution in [3.05, 3.63) is 115 Å². The Morgan fingerprint density at radius 1 is 0.861 bits per heavy atom. The van der Waals surface area contributed by atoms with Crippen LogP contribution in [0.3, 0.4) is 0 Å². The van der Waals surface area contributed by atoms with E-state index in [1.54, 1.807) is 30.6 Å². The molecule has 0 spiro atoms. The molecule has 0 fully saturated rings. The molecule has 36 heavy (non-hydrogen) atoms. The molecule has 0 saturated carbocycles. The molecule has 0 saturated heterocycles. The number of benzene rings is 3. The SMILES string of the molecule is CS(=O)(=O)c1cc(-c2ccc(F)cc2)ccc1CSc1ncc(-c2ccncc2)n1-c1ccccc1. The zero-order chi connectivity index (χ0) is 25.1. The smallest absolute Gasteiger partial charge is 0.175 e. The van der Waals surface area contributed by atoms with Crippen LogP contribution in [0.2, 0.25) is 0 Å². The van der Waals surface area contributed by atoms with Gasteiger partial charge in [-0.05, 0) is 59.2 Å². The van der Waals surface area contributed by atoms with Gasteiger partial charge in [0.25, 0.3) is 0 Å². The fourth-order valence-corrected chi connectivity index (χ4v) is 6.02. The lowest BCUT2D eigenvalue weighted by molar-refractivity contribution is 0.601. The van der Waals surface area contributed by atoms with Crippen LogP contribution in [-0.4, -0.2) is 29.2 Å². The van der Waals surface area contributed by atoms with Gasteiger partial charge >= 0.3 is 0 Å². The number of hydrogen-bond acceptors (Lipinski definition) is 5. The highest BCUT2D eigenvalue weighted by atomic mass is 32.2. The summed E-state index contributed by atoms with van der Waals surface area (Å²) in [6, 6.07) is 25.1. The maximum atomic E-state index is 13.4. The Balaban J connectivity index is 1.51. The first-order valence-electron chi connectivity index (χ1n) is 11.2. The van der Waals surface area contributed by atoms with Crippen LogP contribution in [0.1, 0.15) is 5.56 Å². The molecule has 180 valence electrons. The first-order chi connectivity index (χ1) is 17.4. The Bertz CT molecular complexity index is 1600. The number of pyridine rings is 1. The summed E-state index contributed by atoms with van der Waals surface area (Å²) < 4.78 is 40.8. The van der Waals surface area contributed by atoms with Gasteiger partial charge in [-0.25, -0.2) is 17.8 Å². The predicted molar refractivity (Wildman–Crippen MR) is 141 cm³/mol. The molecule has 0 atom stereocenters. The molecule has 0 aliphatic rings. The molecule has 0 aliphatic carbocycles. The van der Waals surface area contributed by atoms with E-state index in [4.69, 9.17) is 0 Å². The molecule has 5 rings (SSSR count). The minimum atomic E-state index is -3.50. The average Bonchev–Trinajstić information content (AvgIpc) is 3.32. The Kier molecular flexibility index (Phi) is 6.71. The van der Waals surface area contributed by atoms with Gasteiger partial charge in [-0.15, -0.1) is 0 Å². The van der Waals surface area contributed by atoms with Crippen LogP contribution in [0.25, 0.3) is 28.1 Å². The summed E-state index contributed by atoms with van der Waals surface area (Å²) in [6.45, 7) is 0. The maximum Gasteiger partial charge on any atom is 0.175 e. The van der Waals surface area contributed by atoms with E-state index in [9.17, 15) is 12.8 Å². The molecule has 8 heteroatoms. The van der Waals surface area contributed by atoms with Crippen molar-refractivity contribution in [3.63, 3.8) is 0 Å². The molecule has 0 amide bonds. The number of aromatic nitrogens is 3. The maximum absolute atomic E-state index is 13.4. The number of para-hydroxylation sites is 1.